The molecule has 0 aliphatic heterocycles. The molecule has 0 unspecified atom stereocenters. The SMILES string of the molecule is COC[C@H](NC(=O)CC1CC(F)(F)C1)c1cnn2cc(CC3CCC(F)(F)CC3)nc2c1. The highest BCUT2D eigenvalue weighted by Gasteiger charge is 2.45. The normalized spacial score (nSPS) is 21.9. The van der Waals surface area contributed by atoms with Gasteiger partial charge in [-0.25, -0.2) is 27.1 Å². The smallest absolute Gasteiger partial charge is 0.248 e. The van der Waals surface area contributed by atoms with Gasteiger partial charge in [0.05, 0.1) is 30.7 Å². The number of alkyl halides is 4. The number of hydrogen-bond acceptors (Lipinski definition) is 4. The Labute approximate surface area is 183 Å². The Bertz CT molecular complexity index is 947. The Kier molecular flexibility index (Phi) is 6.42. The maximum atomic E-state index is 13.4. The van der Waals surface area contributed by atoms with E-state index in [0.717, 1.165) is 5.69 Å². The van der Waals surface area contributed by atoms with Gasteiger partial charge in [-0.15, -0.1) is 0 Å². The van der Waals surface area contributed by atoms with E-state index in [-0.39, 0.29) is 56.5 Å². The highest BCUT2D eigenvalue weighted by atomic mass is 19.3. The van der Waals surface area contributed by atoms with Gasteiger partial charge in [-0.05, 0) is 37.2 Å². The summed E-state index contributed by atoms with van der Waals surface area (Å²) >= 11 is 0. The van der Waals surface area contributed by atoms with E-state index in [0.29, 0.717) is 30.5 Å². The number of nitrogens with zero attached hydrogens (tertiary/aromatic N) is 3. The zero-order chi connectivity index (χ0) is 22.9. The number of ether oxygens (including phenoxy) is 1. The zero-order valence-electron chi connectivity index (χ0n) is 18.0. The molecular formula is C22H28F4N4O2. The minimum Gasteiger partial charge on any atom is -0.382 e. The molecule has 0 spiro atoms. The average molecular weight is 456 g/mol. The summed E-state index contributed by atoms with van der Waals surface area (Å²) in [6.07, 6.45) is 4.39. The summed E-state index contributed by atoms with van der Waals surface area (Å²) in [6.45, 7) is 0.203. The number of amides is 1. The quantitative estimate of drug-likeness (QED) is 0.601. The highest BCUT2D eigenvalue weighted by Crippen LogP contribution is 2.44. The number of methoxy groups -OCH3 is 1. The molecule has 1 N–H and O–H groups in total. The van der Waals surface area contributed by atoms with Crippen molar-refractivity contribution in [3.05, 3.63) is 29.7 Å². The third-order valence-corrected chi connectivity index (χ3v) is 6.45. The van der Waals surface area contributed by atoms with Crippen molar-refractivity contribution in [3.63, 3.8) is 0 Å². The van der Waals surface area contributed by atoms with Gasteiger partial charge in [0.1, 0.15) is 0 Å². The van der Waals surface area contributed by atoms with Gasteiger partial charge >= 0.3 is 0 Å². The predicted octanol–water partition coefficient (Wildman–Crippen LogP) is 4.34. The van der Waals surface area contributed by atoms with Crippen LogP contribution in [0.5, 0.6) is 0 Å². The topological polar surface area (TPSA) is 68.5 Å². The van der Waals surface area contributed by atoms with Crippen LogP contribution in [0, 0.1) is 11.8 Å². The number of imidazole rings is 1. The van der Waals surface area contributed by atoms with Gasteiger partial charge in [-0.2, -0.15) is 5.10 Å². The fraction of sp³-hybridized carbons (Fsp3) is 0.682. The summed E-state index contributed by atoms with van der Waals surface area (Å²) < 4.78 is 59.6. The molecule has 0 aromatic carbocycles. The number of aromatic nitrogens is 3. The molecule has 6 nitrogen and oxygen atoms in total. The number of halogens is 4. The van der Waals surface area contributed by atoms with Crippen molar-refractivity contribution >= 4 is 11.6 Å². The number of carbonyl (C=O) groups is 1. The minimum absolute atomic E-state index is 0.0550. The summed E-state index contributed by atoms with van der Waals surface area (Å²) in [5.74, 6) is -5.62. The largest absolute Gasteiger partial charge is 0.382 e. The second-order valence-corrected chi connectivity index (χ2v) is 9.24. The van der Waals surface area contributed by atoms with Crippen LogP contribution in [0.25, 0.3) is 5.65 Å². The van der Waals surface area contributed by atoms with E-state index < -0.39 is 17.9 Å². The van der Waals surface area contributed by atoms with Crippen LogP contribution in [0.15, 0.2) is 18.5 Å². The van der Waals surface area contributed by atoms with Crippen molar-refractivity contribution in [2.24, 2.45) is 11.8 Å². The van der Waals surface area contributed by atoms with Gasteiger partial charge in [0.25, 0.3) is 0 Å². The van der Waals surface area contributed by atoms with Crippen molar-refractivity contribution in [2.45, 2.75) is 69.3 Å². The molecule has 10 heteroatoms. The van der Waals surface area contributed by atoms with Crippen LogP contribution >= 0.6 is 0 Å². The van der Waals surface area contributed by atoms with Gasteiger partial charge in [0.2, 0.25) is 17.8 Å². The molecule has 0 radical (unpaired) electrons. The Morgan fingerprint density at radius 1 is 1.22 bits per heavy atom. The highest BCUT2D eigenvalue weighted by molar-refractivity contribution is 5.77. The van der Waals surface area contributed by atoms with Crippen LogP contribution in [0.4, 0.5) is 17.6 Å². The lowest BCUT2D eigenvalue weighted by molar-refractivity contribution is -0.134. The summed E-state index contributed by atoms with van der Waals surface area (Å²) in [4.78, 5) is 16.9. The molecule has 0 saturated heterocycles. The Hall–Kier alpha value is -2.23. The summed E-state index contributed by atoms with van der Waals surface area (Å²) in [6, 6.07) is 1.32. The van der Waals surface area contributed by atoms with E-state index in [4.69, 9.17) is 4.74 Å². The number of carbonyl (C=O) groups excluding carboxylic acids is 1. The van der Waals surface area contributed by atoms with E-state index in [9.17, 15) is 22.4 Å². The molecule has 2 aromatic rings. The monoisotopic (exact) mass is 456 g/mol. The number of fused-ring (bicyclic) bond motifs is 1. The van der Waals surface area contributed by atoms with Crippen molar-refractivity contribution in [1.29, 1.82) is 0 Å². The lowest BCUT2D eigenvalue weighted by Gasteiger charge is -2.34. The first-order valence-electron chi connectivity index (χ1n) is 11.0. The summed E-state index contributed by atoms with van der Waals surface area (Å²) in [5.41, 5.74) is 2.08. The van der Waals surface area contributed by atoms with Crippen molar-refractivity contribution < 1.29 is 27.1 Å². The molecule has 2 fully saturated rings. The lowest BCUT2D eigenvalue weighted by atomic mass is 9.79. The summed E-state index contributed by atoms with van der Waals surface area (Å²) in [7, 11) is 1.51. The van der Waals surface area contributed by atoms with Crippen molar-refractivity contribution in [3.8, 4) is 0 Å². The van der Waals surface area contributed by atoms with Crippen LogP contribution in [0.2, 0.25) is 0 Å². The molecule has 2 heterocycles. The molecule has 0 bridgehead atoms. The zero-order valence-corrected chi connectivity index (χ0v) is 18.0. The fourth-order valence-corrected chi connectivity index (χ4v) is 4.66. The number of rotatable bonds is 8. The van der Waals surface area contributed by atoms with Crippen molar-refractivity contribution in [1.82, 2.24) is 19.9 Å². The first-order chi connectivity index (χ1) is 15.1. The van der Waals surface area contributed by atoms with Crippen LogP contribution in [-0.4, -0.2) is 46.1 Å². The Morgan fingerprint density at radius 3 is 2.59 bits per heavy atom. The molecule has 176 valence electrons. The Balaban J connectivity index is 1.40. The molecule has 2 aliphatic rings. The van der Waals surface area contributed by atoms with Crippen LogP contribution in [-0.2, 0) is 16.0 Å². The maximum Gasteiger partial charge on any atom is 0.248 e. The second kappa shape index (κ2) is 8.96. The lowest BCUT2D eigenvalue weighted by Crippen LogP contribution is -2.40. The van der Waals surface area contributed by atoms with Crippen LogP contribution in [0.1, 0.15) is 62.2 Å². The van der Waals surface area contributed by atoms with E-state index in [1.54, 1.807) is 23.0 Å². The van der Waals surface area contributed by atoms with Crippen molar-refractivity contribution in [2.75, 3.05) is 13.7 Å². The number of hydrogen-bond donors (Lipinski definition) is 1. The molecular weight excluding hydrogens is 428 g/mol. The standard InChI is InChI=1S/C22H28F4N4O2/c1-32-13-18(29-20(31)7-15-9-22(25,26)10-15)16-8-19-28-17(12-30(19)27-11-16)6-14-2-4-21(23,24)5-3-14/h8,11-12,14-15,18H,2-7,9-10,13H2,1H3,(H,29,31)/t18-/m0/s1. The molecule has 2 aliphatic carbocycles. The predicted molar refractivity (Wildman–Crippen MR) is 109 cm³/mol. The van der Waals surface area contributed by atoms with Gasteiger partial charge in [0, 0.05) is 44.8 Å². The fourth-order valence-electron chi connectivity index (χ4n) is 4.66. The third kappa shape index (κ3) is 5.57. The first kappa shape index (κ1) is 22.9. The molecule has 2 saturated carbocycles. The molecule has 2 aromatic heterocycles. The third-order valence-electron chi connectivity index (χ3n) is 6.45. The maximum absolute atomic E-state index is 13.4. The van der Waals surface area contributed by atoms with Gasteiger partial charge in [-0.1, -0.05) is 0 Å². The Morgan fingerprint density at radius 2 is 1.94 bits per heavy atom. The van der Waals surface area contributed by atoms with E-state index in [1.807, 2.05) is 0 Å². The van der Waals surface area contributed by atoms with E-state index >= 15 is 0 Å². The van der Waals surface area contributed by atoms with E-state index in [2.05, 4.69) is 15.4 Å². The van der Waals surface area contributed by atoms with Crippen LogP contribution < -0.4 is 5.32 Å². The second-order valence-electron chi connectivity index (χ2n) is 9.24. The minimum atomic E-state index is -2.65. The number of nitrogens with one attached hydrogen (secondary N) is 1. The van der Waals surface area contributed by atoms with Crippen LogP contribution in [0.3, 0.4) is 0 Å². The summed E-state index contributed by atoms with van der Waals surface area (Å²) in [5, 5.41) is 7.21. The molecule has 4 rings (SSSR count). The molecule has 32 heavy (non-hydrogen) atoms. The van der Waals surface area contributed by atoms with Gasteiger partial charge in [-0.3, -0.25) is 4.79 Å². The van der Waals surface area contributed by atoms with E-state index in [1.165, 1.54) is 7.11 Å². The first-order valence-corrected chi connectivity index (χ1v) is 11.0. The van der Waals surface area contributed by atoms with Gasteiger partial charge in [0.15, 0.2) is 5.65 Å². The average Bonchev–Trinajstić information content (AvgIpc) is 3.09. The van der Waals surface area contributed by atoms with Gasteiger partial charge < -0.3 is 10.1 Å². The molecule has 1 amide bonds. The molecule has 1 atom stereocenters.